The number of nitrogens with one attached hydrogen (secondary N) is 1. The predicted molar refractivity (Wildman–Crippen MR) is 62.9 cm³/mol. The van der Waals surface area contributed by atoms with Crippen molar-refractivity contribution < 1.29 is 4.39 Å². The van der Waals surface area contributed by atoms with Gasteiger partial charge in [-0.25, -0.2) is 14.4 Å². The monoisotopic (exact) mass is 232 g/mol. The molecule has 0 radical (unpaired) electrons. The van der Waals surface area contributed by atoms with Gasteiger partial charge in [0.05, 0.1) is 6.33 Å². The van der Waals surface area contributed by atoms with E-state index in [4.69, 9.17) is 5.73 Å². The number of aromatic nitrogens is 2. The van der Waals surface area contributed by atoms with Gasteiger partial charge < -0.3 is 10.7 Å². The third-order valence-electron chi connectivity index (χ3n) is 2.09. The summed E-state index contributed by atoms with van der Waals surface area (Å²) in [6.45, 7) is 0. The maximum Gasteiger partial charge on any atom is 0.278 e. The largest absolute Gasteiger partial charge is 0.382 e. The summed E-state index contributed by atoms with van der Waals surface area (Å²) >= 11 is 0. The van der Waals surface area contributed by atoms with Crippen LogP contribution in [0.3, 0.4) is 0 Å². The zero-order valence-corrected chi connectivity index (χ0v) is 8.72. The van der Waals surface area contributed by atoms with Gasteiger partial charge >= 0.3 is 0 Å². The van der Waals surface area contributed by atoms with Crippen molar-refractivity contribution in [2.24, 2.45) is 4.99 Å². The topological polar surface area (TPSA) is 84.1 Å². The van der Waals surface area contributed by atoms with Gasteiger partial charge in [-0.3, -0.25) is 4.79 Å². The Morgan fingerprint density at radius 2 is 2.18 bits per heavy atom. The molecule has 1 heterocycles. The van der Waals surface area contributed by atoms with Gasteiger partial charge in [0.2, 0.25) is 0 Å². The zero-order valence-electron chi connectivity index (χ0n) is 8.72. The fourth-order valence-electron chi connectivity index (χ4n) is 1.24. The maximum absolute atomic E-state index is 13.3. The highest BCUT2D eigenvalue weighted by molar-refractivity contribution is 5.83. The molecule has 1 aromatic heterocycles. The van der Waals surface area contributed by atoms with E-state index in [9.17, 15) is 9.18 Å². The fourth-order valence-corrected chi connectivity index (χ4v) is 1.24. The van der Waals surface area contributed by atoms with Crippen LogP contribution in [0, 0.1) is 5.82 Å². The van der Waals surface area contributed by atoms with Crippen molar-refractivity contribution in [3.05, 3.63) is 52.3 Å². The molecule has 3 N–H and O–H groups in total. The third kappa shape index (κ3) is 2.36. The number of halogens is 1. The Balaban J connectivity index is 2.40. The highest BCUT2D eigenvalue weighted by Crippen LogP contribution is 2.12. The summed E-state index contributed by atoms with van der Waals surface area (Å²) < 4.78 is 13.3. The van der Waals surface area contributed by atoms with Crippen molar-refractivity contribution in [1.82, 2.24) is 9.97 Å². The number of rotatable bonds is 2. The average Bonchev–Trinajstić information content (AvgIpc) is 2.30. The van der Waals surface area contributed by atoms with Crippen molar-refractivity contribution in [3.63, 3.8) is 0 Å². The Kier molecular flexibility index (Phi) is 2.95. The number of H-pyrrole nitrogens is 1. The second-order valence-corrected chi connectivity index (χ2v) is 3.25. The second-order valence-electron chi connectivity index (χ2n) is 3.25. The lowest BCUT2D eigenvalue weighted by Gasteiger charge is -1.97. The molecule has 2 rings (SSSR count). The number of nitrogen functional groups attached to an aromatic ring is 1. The van der Waals surface area contributed by atoms with Crippen molar-refractivity contribution in [1.29, 1.82) is 0 Å². The number of anilines is 1. The summed E-state index contributed by atoms with van der Waals surface area (Å²) in [5.41, 5.74) is 5.26. The summed E-state index contributed by atoms with van der Waals surface area (Å²) in [5.74, 6) is -0.420. The summed E-state index contributed by atoms with van der Waals surface area (Å²) in [4.78, 5) is 21.2. The number of hydrogen-bond acceptors (Lipinski definition) is 4. The molecular formula is C11H9FN4O. The SMILES string of the molecule is Nc1nc[nH]c(=O)c1N=Cc1ccccc1F. The first-order valence-corrected chi connectivity index (χ1v) is 4.80. The van der Waals surface area contributed by atoms with Crippen molar-refractivity contribution >= 4 is 17.7 Å². The minimum Gasteiger partial charge on any atom is -0.382 e. The van der Waals surface area contributed by atoms with E-state index in [1.165, 1.54) is 18.6 Å². The fraction of sp³-hybridized carbons (Fsp3) is 0. The van der Waals surface area contributed by atoms with Gasteiger partial charge in [-0.1, -0.05) is 18.2 Å². The zero-order chi connectivity index (χ0) is 12.3. The smallest absolute Gasteiger partial charge is 0.278 e. The van der Waals surface area contributed by atoms with Crippen molar-refractivity contribution in [3.8, 4) is 0 Å². The van der Waals surface area contributed by atoms with E-state index in [1.54, 1.807) is 18.2 Å². The van der Waals surface area contributed by atoms with E-state index in [1.807, 2.05) is 0 Å². The van der Waals surface area contributed by atoms with Gasteiger partial charge in [0, 0.05) is 11.8 Å². The van der Waals surface area contributed by atoms with E-state index in [0.717, 1.165) is 0 Å². The molecule has 1 aromatic carbocycles. The van der Waals surface area contributed by atoms with Crippen LogP contribution in [0.1, 0.15) is 5.56 Å². The van der Waals surface area contributed by atoms with Gasteiger partial charge in [-0.2, -0.15) is 0 Å². The molecule has 17 heavy (non-hydrogen) atoms. The normalized spacial score (nSPS) is 10.9. The molecule has 2 aromatic rings. The van der Waals surface area contributed by atoms with E-state index >= 15 is 0 Å². The van der Waals surface area contributed by atoms with Gasteiger partial charge in [-0.05, 0) is 6.07 Å². The van der Waals surface area contributed by atoms with Crippen LogP contribution in [0.2, 0.25) is 0 Å². The standard InChI is InChI=1S/C11H9FN4O/c12-8-4-2-1-3-7(8)5-14-9-10(13)15-6-16-11(9)17/h1-6H,(H3,13,15,16,17). The highest BCUT2D eigenvalue weighted by atomic mass is 19.1. The molecule has 0 aliphatic heterocycles. The molecule has 5 nitrogen and oxygen atoms in total. The van der Waals surface area contributed by atoms with Gasteiger partial charge in [0.25, 0.3) is 5.56 Å². The molecule has 0 aliphatic rings. The highest BCUT2D eigenvalue weighted by Gasteiger charge is 2.03. The summed E-state index contributed by atoms with van der Waals surface area (Å²) in [6, 6.07) is 6.08. The van der Waals surface area contributed by atoms with Crippen LogP contribution in [0.15, 0.2) is 40.4 Å². The molecule has 0 atom stereocenters. The van der Waals surface area contributed by atoms with Crippen LogP contribution in [-0.2, 0) is 0 Å². The average molecular weight is 232 g/mol. The third-order valence-corrected chi connectivity index (χ3v) is 2.09. The molecular weight excluding hydrogens is 223 g/mol. The number of hydrogen-bond donors (Lipinski definition) is 2. The van der Waals surface area contributed by atoms with Gasteiger partial charge in [-0.15, -0.1) is 0 Å². The lowest BCUT2D eigenvalue weighted by atomic mass is 10.2. The van der Waals surface area contributed by atoms with Crippen LogP contribution in [0.25, 0.3) is 0 Å². The number of nitrogens with two attached hydrogens (primary N) is 1. The first-order chi connectivity index (χ1) is 8.18. The summed E-state index contributed by atoms with van der Waals surface area (Å²) in [7, 11) is 0. The van der Waals surface area contributed by atoms with E-state index in [2.05, 4.69) is 15.0 Å². The number of benzene rings is 1. The molecule has 86 valence electrons. The number of aromatic amines is 1. The minimum atomic E-state index is -0.468. The Labute approximate surface area is 95.9 Å². The minimum absolute atomic E-state index is 0.00124. The Hall–Kier alpha value is -2.50. The Bertz CT molecular complexity index is 621. The van der Waals surface area contributed by atoms with Crippen LogP contribution in [0.4, 0.5) is 15.9 Å². The molecule has 0 aliphatic carbocycles. The quantitative estimate of drug-likeness (QED) is 0.764. The lowest BCUT2D eigenvalue weighted by Crippen LogP contribution is -2.08. The molecule has 0 saturated carbocycles. The predicted octanol–water partition coefficient (Wildman–Crippen LogP) is 1.24. The molecule has 0 unspecified atom stereocenters. The molecule has 6 heteroatoms. The maximum atomic E-state index is 13.3. The molecule has 0 amide bonds. The first kappa shape index (κ1) is 11.0. The van der Waals surface area contributed by atoms with Crippen LogP contribution in [0.5, 0.6) is 0 Å². The molecule has 0 spiro atoms. The second kappa shape index (κ2) is 4.56. The van der Waals surface area contributed by atoms with Gasteiger partial charge in [0.15, 0.2) is 11.5 Å². The Morgan fingerprint density at radius 1 is 1.41 bits per heavy atom. The number of nitrogens with zero attached hydrogens (tertiary/aromatic N) is 2. The molecule has 0 bridgehead atoms. The van der Waals surface area contributed by atoms with Crippen molar-refractivity contribution in [2.45, 2.75) is 0 Å². The molecule has 0 fully saturated rings. The van der Waals surface area contributed by atoms with Crippen LogP contribution in [-0.4, -0.2) is 16.2 Å². The van der Waals surface area contributed by atoms with E-state index in [-0.39, 0.29) is 17.1 Å². The summed E-state index contributed by atoms with van der Waals surface area (Å²) in [5, 5.41) is 0. The number of aliphatic imine (C=N–C) groups is 1. The van der Waals surface area contributed by atoms with E-state index in [0.29, 0.717) is 0 Å². The van der Waals surface area contributed by atoms with Crippen LogP contribution < -0.4 is 11.3 Å². The molecule has 0 saturated heterocycles. The summed E-state index contributed by atoms with van der Waals surface area (Å²) in [6.07, 6.45) is 2.41. The van der Waals surface area contributed by atoms with Gasteiger partial charge in [0.1, 0.15) is 5.82 Å². The first-order valence-electron chi connectivity index (χ1n) is 4.80. The lowest BCUT2D eigenvalue weighted by molar-refractivity contribution is 0.626. The van der Waals surface area contributed by atoms with Crippen LogP contribution >= 0.6 is 0 Å². The Morgan fingerprint density at radius 3 is 2.88 bits per heavy atom. The van der Waals surface area contributed by atoms with Crippen molar-refractivity contribution in [2.75, 3.05) is 5.73 Å². The van der Waals surface area contributed by atoms with E-state index < -0.39 is 11.4 Å².